The number of rotatable bonds is 5. The van der Waals surface area contributed by atoms with Crippen molar-refractivity contribution in [2.24, 2.45) is 5.92 Å². The third-order valence-electron chi connectivity index (χ3n) is 3.48. The van der Waals surface area contributed by atoms with Crippen molar-refractivity contribution < 1.29 is 9.26 Å². The summed E-state index contributed by atoms with van der Waals surface area (Å²) in [6, 6.07) is 9.47. The van der Waals surface area contributed by atoms with Crippen LogP contribution in [-0.2, 0) is 11.2 Å². The SMILES string of the molecule is COC(c1noc(Cc2ccc(C#N)cc2)n1)C1CC1. The summed E-state index contributed by atoms with van der Waals surface area (Å²) in [6.45, 7) is 0. The van der Waals surface area contributed by atoms with Gasteiger partial charge in [-0.2, -0.15) is 10.2 Å². The highest BCUT2D eigenvalue weighted by Crippen LogP contribution is 2.41. The highest BCUT2D eigenvalue weighted by atomic mass is 16.5. The summed E-state index contributed by atoms with van der Waals surface area (Å²) in [4.78, 5) is 4.41. The summed E-state index contributed by atoms with van der Waals surface area (Å²) in [7, 11) is 1.68. The molecule has 1 aliphatic carbocycles. The molecule has 1 atom stereocenters. The van der Waals surface area contributed by atoms with Crippen LogP contribution in [-0.4, -0.2) is 17.3 Å². The first-order valence-electron chi connectivity index (χ1n) is 6.64. The van der Waals surface area contributed by atoms with Gasteiger partial charge in [0.25, 0.3) is 0 Å². The zero-order valence-corrected chi connectivity index (χ0v) is 11.2. The van der Waals surface area contributed by atoms with Crippen molar-refractivity contribution in [3.8, 4) is 6.07 Å². The molecular formula is C15H15N3O2. The number of nitriles is 1. The molecule has 1 saturated carbocycles. The van der Waals surface area contributed by atoms with E-state index in [0.717, 1.165) is 18.4 Å². The summed E-state index contributed by atoms with van der Waals surface area (Å²) < 4.78 is 10.7. The predicted molar refractivity (Wildman–Crippen MR) is 70.7 cm³/mol. The lowest BCUT2D eigenvalue weighted by Crippen LogP contribution is -2.05. The monoisotopic (exact) mass is 269 g/mol. The van der Waals surface area contributed by atoms with Crippen molar-refractivity contribution in [1.82, 2.24) is 10.1 Å². The summed E-state index contributed by atoms with van der Waals surface area (Å²) in [5, 5.41) is 12.8. The van der Waals surface area contributed by atoms with Gasteiger partial charge in [0.1, 0.15) is 6.10 Å². The Labute approximate surface area is 117 Å². The first-order valence-corrected chi connectivity index (χ1v) is 6.64. The maximum Gasteiger partial charge on any atom is 0.231 e. The van der Waals surface area contributed by atoms with E-state index in [1.54, 1.807) is 19.2 Å². The molecule has 1 fully saturated rings. The quantitative estimate of drug-likeness (QED) is 0.834. The summed E-state index contributed by atoms with van der Waals surface area (Å²) in [5.41, 5.74) is 1.69. The molecule has 1 aromatic heterocycles. The maximum absolute atomic E-state index is 8.76. The number of hydrogen-bond donors (Lipinski definition) is 0. The molecule has 5 nitrogen and oxygen atoms in total. The molecule has 0 bridgehead atoms. The first-order chi connectivity index (χ1) is 9.80. The Balaban J connectivity index is 1.71. The van der Waals surface area contributed by atoms with Crippen molar-refractivity contribution in [1.29, 1.82) is 5.26 Å². The van der Waals surface area contributed by atoms with Gasteiger partial charge in [0.05, 0.1) is 18.1 Å². The minimum atomic E-state index is -0.0477. The molecule has 1 unspecified atom stereocenters. The average molecular weight is 269 g/mol. The molecule has 0 amide bonds. The first kappa shape index (κ1) is 12.8. The van der Waals surface area contributed by atoms with E-state index >= 15 is 0 Å². The maximum atomic E-state index is 8.76. The minimum absolute atomic E-state index is 0.0477. The topological polar surface area (TPSA) is 71.9 Å². The zero-order chi connectivity index (χ0) is 13.9. The van der Waals surface area contributed by atoms with Crippen LogP contribution in [0.2, 0.25) is 0 Å². The molecule has 20 heavy (non-hydrogen) atoms. The fourth-order valence-corrected chi connectivity index (χ4v) is 2.23. The number of ether oxygens (including phenoxy) is 1. The van der Waals surface area contributed by atoms with E-state index < -0.39 is 0 Å². The van der Waals surface area contributed by atoms with E-state index in [9.17, 15) is 0 Å². The molecule has 1 aliphatic rings. The highest BCUT2D eigenvalue weighted by Gasteiger charge is 2.35. The van der Waals surface area contributed by atoms with Crippen LogP contribution in [0.25, 0.3) is 0 Å². The van der Waals surface area contributed by atoms with E-state index in [1.165, 1.54) is 0 Å². The van der Waals surface area contributed by atoms with Gasteiger partial charge in [0.15, 0.2) is 0 Å². The van der Waals surface area contributed by atoms with Crippen molar-refractivity contribution in [3.05, 3.63) is 47.1 Å². The second-order valence-electron chi connectivity index (χ2n) is 5.03. The predicted octanol–water partition coefficient (Wildman–Crippen LogP) is 2.63. The number of nitrogens with zero attached hydrogens (tertiary/aromatic N) is 3. The van der Waals surface area contributed by atoms with Crippen molar-refractivity contribution in [2.45, 2.75) is 25.4 Å². The molecule has 0 aliphatic heterocycles. The fourth-order valence-electron chi connectivity index (χ4n) is 2.23. The summed E-state index contributed by atoms with van der Waals surface area (Å²) >= 11 is 0. The summed E-state index contributed by atoms with van der Waals surface area (Å²) in [6.07, 6.45) is 2.85. The van der Waals surface area contributed by atoms with E-state index in [-0.39, 0.29) is 6.10 Å². The minimum Gasteiger partial charge on any atom is -0.373 e. The van der Waals surface area contributed by atoms with Gasteiger partial charge in [-0.1, -0.05) is 17.3 Å². The van der Waals surface area contributed by atoms with Crippen LogP contribution < -0.4 is 0 Å². The van der Waals surface area contributed by atoms with Crippen LogP contribution in [0.1, 0.15) is 41.8 Å². The van der Waals surface area contributed by atoms with Crippen molar-refractivity contribution in [3.63, 3.8) is 0 Å². The Morgan fingerprint density at radius 1 is 1.40 bits per heavy atom. The zero-order valence-electron chi connectivity index (χ0n) is 11.2. The second kappa shape index (κ2) is 5.43. The Bertz CT molecular complexity index is 623. The molecule has 1 heterocycles. The van der Waals surface area contributed by atoms with Crippen LogP contribution in [0.3, 0.4) is 0 Å². The molecule has 0 spiro atoms. The number of aromatic nitrogens is 2. The molecule has 0 radical (unpaired) electrons. The van der Waals surface area contributed by atoms with E-state index in [0.29, 0.717) is 29.6 Å². The number of benzene rings is 1. The van der Waals surface area contributed by atoms with Gasteiger partial charge in [-0.05, 0) is 36.5 Å². The highest BCUT2D eigenvalue weighted by molar-refractivity contribution is 5.32. The van der Waals surface area contributed by atoms with Crippen molar-refractivity contribution >= 4 is 0 Å². The number of methoxy groups -OCH3 is 1. The third kappa shape index (κ3) is 2.70. The Hall–Kier alpha value is -2.19. The van der Waals surface area contributed by atoms with Crippen LogP contribution in [0.5, 0.6) is 0 Å². The fraction of sp³-hybridized carbons (Fsp3) is 0.400. The molecule has 5 heteroatoms. The Morgan fingerprint density at radius 2 is 2.15 bits per heavy atom. The van der Waals surface area contributed by atoms with E-state index in [4.69, 9.17) is 14.5 Å². The van der Waals surface area contributed by atoms with Gasteiger partial charge in [0, 0.05) is 7.11 Å². The van der Waals surface area contributed by atoms with E-state index in [2.05, 4.69) is 16.2 Å². The smallest absolute Gasteiger partial charge is 0.231 e. The number of hydrogen-bond acceptors (Lipinski definition) is 5. The standard InChI is InChI=1S/C15H15N3O2/c1-19-14(12-6-7-12)15-17-13(20-18-15)8-10-2-4-11(9-16)5-3-10/h2-5,12,14H,6-8H2,1H3. The van der Waals surface area contributed by atoms with Gasteiger partial charge in [-0.25, -0.2) is 0 Å². The third-order valence-corrected chi connectivity index (χ3v) is 3.48. The van der Waals surface area contributed by atoms with Crippen LogP contribution in [0, 0.1) is 17.2 Å². The lowest BCUT2D eigenvalue weighted by Gasteiger charge is -2.08. The van der Waals surface area contributed by atoms with Crippen LogP contribution in [0.15, 0.2) is 28.8 Å². The summed E-state index contributed by atoms with van der Waals surface area (Å²) in [5.74, 6) is 1.74. The molecule has 102 valence electrons. The largest absolute Gasteiger partial charge is 0.373 e. The van der Waals surface area contributed by atoms with Gasteiger partial charge in [-0.15, -0.1) is 0 Å². The van der Waals surface area contributed by atoms with Crippen LogP contribution >= 0.6 is 0 Å². The van der Waals surface area contributed by atoms with Crippen molar-refractivity contribution in [2.75, 3.05) is 7.11 Å². The molecule has 0 N–H and O–H groups in total. The van der Waals surface area contributed by atoms with Gasteiger partial charge < -0.3 is 9.26 Å². The second-order valence-corrected chi connectivity index (χ2v) is 5.03. The molecule has 3 rings (SSSR count). The lowest BCUT2D eigenvalue weighted by atomic mass is 10.1. The lowest BCUT2D eigenvalue weighted by molar-refractivity contribution is 0.0751. The Kier molecular flexibility index (Phi) is 3.48. The Morgan fingerprint density at radius 3 is 2.75 bits per heavy atom. The normalized spacial score (nSPS) is 15.8. The van der Waals surface area contributed by atoms with E-state index in [1.807, 2.05) is 12.1 Å². The molecular weight excluding hydrogens is 254 g/mol. The molecule has 1 aromatic carbocycles. The average Bonchev–Trinajstić information content (AvgIpc) is 3.21. The van der Waals surface area contributed by atoms with Crippen LogP contribution in [0.4, 0.5) is 0 Å². The van der Waals surface area contributed by atoms with Gasteiger partial charge in [-0.3, -0.25) is 0 Å². The molecule has 2 aromatic rings. The van der Waals surface area contributed by atoms with Gasteiger partial charge >= 0.3 is 0 Å². The van der Waals surface area contributed by atoms with Gasteiger partial charge in [0.2, 0.25) is 11.7 Å². The molecule has 0 saturated heterocycles.